The van der Waals surface area contributed by atoms with E-state index in [1.165, 1.54) is 96.3 Å². The number of hydrogen-bond donors (Lipinski definition) is 2. The van der Waals surface area contributed by atoms with Crippen LogP contribution in [0.4, 0.5) is 0 Å². The van der Waals surface area contributed by atoms with Gasteiger partial charge >= 0.3 is 0 Å². The highest BCUT2D eigenvalue weighted by molar-refractivity contribution is 4.60. The molecule has 0 aromatic heterocycles. The summed E-state index contributed by atoms with van der Waals surface area (Å²) in [7, 11) is 0. The van der Waals surface area contributed by atoms with Gasteiger partial charge in [-0.3, -0.25) is 0 Å². The first-order valence-corrected chi connectivity index (χ1v) is 11.6. The van der Waals surface area contributed by atoms with Gasteiger partial charge in [-0.1, -0.05) is 111 Å². The van der Waals surface area contributed by atoms with Crippen LogP contribution in [0.25, 0.3) is 0 Å². The number of aliphatic hydroxyl groups excluding tert-OH is 1. The van der Waals surface area contributed by atoms with Crippen LogP contribution in [0, 0.1) is 5.92 Å². The van der Waals surface area contributed by atoms with E-state index in [0.29, 0.717) is 0 Å². The van der Waals surface area contributed by atoms with Crippen molar-refractivity contribution in [2.75, 3.05) is 13.1 Å². The van der Waals surface area contributed by atoms with Crippen LogP contribution >= 0.6 is 0 Å². The van der Waals surface area contributed by atoms with Crippen molar-refractivity contribution in [1.29, 1.82) is 0 Å². The molecule has 0 aromatic rings. The van der Waals surface area contributed by atoms with Crippen molar-refractivity contribution in [3.63, 3.8) is 0 Å². The van der Waals surface area contributed by atoms with Crippen LogP contribution < -0.4 is 5.32 Å². The van der Waals surface area contributed by atoms with Gasteiger partial charge in [-0.05, 0) is 25.3 Å². The third kappa shape index (κ3) is 21.9. The van der Waals surface area contributed by atoms with E-state index in [2.05, 4.69) is 26.1 Å². The van der Waals surface area contributed by atoms with Crippen LogP contribution in [0.3, 0.4) is 0 Å². The number of nitrogens with one attached hydrogen (secondary N) is 1. The van der Waals surface area contributed by atoms with E-state index < -0.39 is 0 Å². The molecule has 25 heavy (non-hydrogen) atoms. The fourth-order valence-corrected chi connectivity index (χ4v) is 3.39. The monoisotopic (exact) mass is 355 g/mol. The zero-order valence-electron chi connectivity index (χ0n) is 17.8. The van der Waals surface area contributed by atoms with Crippen LogP contribution in [0.1, 0.15) is 124 Å². The van der Waals surface area contributed by atoms with Crippen LogP contribution in [0.2, 0.25) is 0 Å². The lowest BCUT2D eigenvalue weighted by Gasteiger charge is -2.11. The van der Waals surface area contributed by atoms with Crippen molar-refractivity contribution < 1.29 is 5.11 Å². The Balaban J connectivity index is 3.13. The van der Waals surface area contributed by atoms with Crippen LogP contribution in [-0.2, 0) is 0 Å². The van der Waals surface area contributed by atoms with Gasteiger partial charge in [-0.2, -0.15) is 0 Å². The second-order valence-electron chi connectivity index (χ2n) is 8.43. The minimum Gasteiger partial charge on any atom is -0.392 e. The zero-order chi connectivity index (χ0) is 18.6. The van der Waals surface area contributed by atoms with Crippen molar-refractivity contribution in [3.05, 3.63) is 0 Å². The molecule has 0 aliphatic heterocycles. The number of hydrogen-bond acceptors (Lipinski definition) is 2. The van der Waals surface area contributed by atoms with Gasteiger partial charge in [0.2, 0.25) is 0 Å². The van der Waals surface area contributed by atoms with Crippen LogP contribution in [-0.4, -0.2) is 24.3 Å². The molecule has 0 saturated carbocycles. The molecule has 2 nitrogen and oxygen atoms in total. The lowest BCUT2D eigenvalue weighted by Crippen LogP contribution is -2.27. The summed E-state index contributed by atoms with van der Waals surface area (Å²) >= 11 is 0. The minimum absolute atomic E-state index is 0.142. The minimum atomic E-state index is -0.142. The summed E-state index contributed by atoms with van der Waals surface area (Å²) in [5.41, 5.74) is 0. The molecule has 0 spiro atoms. The molecule has 2 heteroatoms. The van der Waals surface area contributed by atoms with Crippen LogP contribution in [0.5, 0.6) is 0 Å². The lowest BCUT2D eigenvalue weighted by molar-refractivity contribution is 0.158. The summed E-state index contributed by atoms with van der Waals surface area (Å²) in [6.07, 6.45) is 21.1. The first-order chi connectivity index (χ1) is 12.2. The Morgan fingerprint density at radius 3 is 1.68 bits per heavy atom. The maximum atomic E-state index is 9.99. The Morgan fingerprint density at radius 1 is 0.640 bits per heavy atom. The van der Waals surface area contributed by atoms with Crippen molar-refractivity contribution in [3.8, 4) is 0 Å². The first-order valence-electron chi connectivity index (χ1n) is 11.6. The normalized spacial score (nSPS) is 12.8. The highest BCUT2D eigenvalue weighted by atomic mass is 16.3. The molecule has 0 aliphatic carbocycles. The number of rotatable bonds is 20. The van der Waals surface area contributed by atoms with E-state index in [-0.39, 0.29) is 6.10 Å². The molecule has 0 amide bonds. The van der Waals surface area contributed by atoms with E-state index in [9.17, 15) is 5.11 Å². The van der Waals surface area contributed by atoms with Crippen molar-refractivity contribution in [2.24, 2.45) is 5.92 Å². The highest BCUT2D eigenvalue weighted by Crippen LogP contribution is 2.12. The summed E-state index contributed by atoms with van der Waals surface area (Å²) < 4.78 is 0. The summed E-state index contributed by atoms with van der Waals surface area (Å²) in [5, 5.41) is 13.4. The van der Waals surface area contributed by atoms with Gasteiger partial charge in [-0.25, -0.2) is 0 Å². The van der Waals surface area contributed by atoms with Crippen molar-refractivity contribution in [2.45, 2.75) is 130 Å². The van der Waals surface area contributed by atoms with Crippen molar-refractivity contribution >= 4 is 0 Å². The SMILES string of the molecule is CCCCCCCCCC(O)CNCCCCCCCCCC(C)C. The van der Waals surface area contributed by atoms with E-state index in [0.717, 1.165) is 25.4 Å². The Bertz CT molecular complexity index is 242. The topological polar surface area (TPSA) is 32.3 Å². The number of aliphatic hydroxyl groups is 1. The summed E-state index contributed by atoms with van der Waals surface area (Å²) in [6, 6.07) is 0. The molecule has 0 bridgehead atoms. The zero-order valence-corrected chi connectivity index (χ0v) is 17.8. The fourth-order valence-electron chi connectivity index (χ4n) is 3.39. The van der Waals surface area contributed by atoms with Crippen molar-refractivity contribution in [1.82, 2.24) is 5.32 Å². The summed E-state index contributed by atoms with van der Waals surface area (Å²) in [4.78, 5) is 0. The predicted octanol–water partition coefficient (Wildman–Crippen LogP) is 6.85. The third-order valence-corrected chi connectivity index (χ3v) is 5.16. The molecule has 0 rings (SSSR count). The average molecular weight is 356 g/mol. The molecular weight excluding hydrogens is 306 g/mol. The van der Waals surface area contributed by atoms with Gasteiger partial charge < -0.3 is 10.4 Å². The van der Waals surface area contributed by atoms with Gasteiger partial charge in [0.25, 0.3) is 0 Å². The summed E-state index contributed by atoms with van der Waals surface area (Å²) in [6.45, 7) is 8.75. The molecule has 152 valence electrons. The predicted molar refractivity (Wildman–Crippen MR) is 113 cm³/mol. The first kappa shape index (κ1) is 24.9. The van der Waals surface area contributed by atoms with Gasteiger partial charge in [0.05, 0.1) is 6.10 Å². The van der Waals surface area contributed by atoms with Gasteiger partial charge in [0.1, 0.15) is 0 Å². The van der Waals surface area contributed by atoms with E-state index in [4.69, 9.17) is 0 Å². The molecule has 0 fully saturated rings. The average Bonchev–Trinajstić information content (AvgIpc) is 2.58. The molecule has 1 unspecified atom stereocenters. The number of unbranched alkanes of at least 4 members (excludes halogenated alkanes) is 12. The molecule has 1 atom stereocenters. The maximum Gasteiger partial charge on any atom is 0.0664 e. The molecular formula is C23H49NO. The van der Waals surface area contributed by atoms with Gasteiger partial charge in [0.15, 0.2) is 0 Å². The quantitative estimate of drug-likeness (QED) is 0.234. The summed E-state index contributed by atoms with van der Waals surface area (Å²) in [5.74, 6) is 0.868. The maximum absolute atomic E-state index is 9.99. The lowest BCUT2D eigenvalue weighted by atomic mass is 10.0. The molecule has 0 radical (unpaired) electrons. The standard InChI is InChI=1S/C23H49NO/c1-4-5-6-7-9-13-16-19-23(25)21-24-20-17-14-11-8-10-12-15-18-22(2)3/h22-25H,4-21H2,1-3H3. The second kappa shape index (κ2) is 20.2. The van der Waals surface area contributed by atoms with E-state index >= 15 is 0 Å². The molecule has 0 aliphatic rings. The molecule has 0 saturated heterocycles. The Labute approximate surface area is 159 Å². The Kier molecular flexibility index (Phi) is 20.2. The second-order valence-corrected chi connectivity index (χ2v) is 8.43. The Morgan fingerprint density at radius 2 is 1.12 bits per heavy atom. The van der Waals surface area contributed by atoms with E-state index in [1.807, 2.05) is 0 Å². The Hall–Kier alpha value is -0.0800. The molecule has 0 aromatic carbocycles. The molecule has 2 N–H and O–H groups in total. The molecule has 0 heterocycles. The highest BCUT2D eigenvalue weighted by Gasteiger charge is 2.03. The van der Waals surface area contributed by atoms with Gasteiger partial charge in [-0.15, -0.1) is 0 Å². The largest absolute Gasteiger partial charge is 0.392 e. The fraction of sp³-hybridized carbons (Fsp3) is 1.00. The smallest absolute Gasteiger partial charge is 0.0664 e. The van der Waals surface area contributed by atoms with Gasteiger partial charge in [0, 0.05) is 6.54 Å². The third-order valence-electron chi connectivity index (χ3n) is 5.16. The van der Waals surface area contributed by atoms with Crippen LogP contribution in [0.15, 0.2) is 0 Å². The van der Waals surface area contributed by atoms with E-state index in [1.54, 1.807) is 0 Å².